The highest BCUT2D eigenvalue weighted by Crippen LogP contribution is 2.44. The second-order valence-corrected chi connectivity index (χ2v) is 13.1. The summed E-state index contributed by atoms with van der Waals surface area (Å²) in [7, 11) is -3.07. The predicted molar refractivity (Wildman–Crippen MR) is 117 cm³/mol. The Kier molecular flexibility index (Phi) is 6.16. The zero-order valence-electron chi connectivity index (χ0n) is 17.9. The summed E-state index contributed by atoms with van der Waals surface area (Å²) < 4.78 is 23.5. The fourth-order valence-corrected chi connectivity index (χ4v) is 7.08. The van der Waals surface area contributed by atoms with Crippen molar-refractivity contribution < 1.29 is 18.0 Å². The average molecular weight is 441 g/mol. The van der Waals surface area contributed by atoms with E-state index in [1.165, 1.54) is 16.2 Å². The Hall–Kier alpha value is -1.41. The summed E-state index contributed by atoms with van der Waals surface area (Å²) in [5.74, 6) is 0.0613. The van der Waals surface area contributed by atoms with Gasteiger partial charge in [-0.25, -0.2) is 8.42 Å². The van der Waals surface area contributed by atoms with Crippen LogP contribution in [-0.2, 0) is 27.5 Å². The molecule has 1 saturated heterocycles. The van der Waals surface area contributed by atoms with Crippen molar-refractivity contribution in [3.8, 4) is 0 Å². The third-order valence-corrected chi connectivity index (χ3v) is 8.98. The smallest absolute Gasteiger partial charge is 0.254 e. The molecular formula is C21H32N2O4S2. The van der Waals surface area contributed by atoms with E-state index < -0.39 is 9.84 Å². The number of amides is 2. The molecule has 1 aromatic rings. The van der Waals surface area contributed by atoms with Gasteiger partial charge in [-0.05, 0) is 42.6 Å². The third-order valence-electron chi connectivity index (χ3n) is 6.05. The molecule has 3 rings (SSSR count). The van der Waals surface area contributed by atoms with E-state index in [1.807, 2.05) is 13.8 Å². The molecule has 2 unspecified atom stereocenters. The topological polar surface area (TPSA) is 92.3 Å². The molecule has 2 N–H and O–H groups in total. The molecule has 2 aliphatic rings. The molecule has 0 aromatic carbocycles. The first-order chi connectivity index (χ1) is 13.4. The molecule has 2 atom stereocenters. The van der Waals surface area contributed by atoms with Crippen molar-refractivity contribution in [2.75, 3.05) is 16.8 Å². The SMILES string of the molecule is CC(C)C(=O)Nc1sc2c(c1C(=O)NC1CCS(=O)(=O)C1)CCC(C(C)(C)C)C2. The molecule has 0 saturated carbocycles. The average Bonchev–Trinajstić information content (AvgIpc) is 3.12. The summed E-state index contributed by atoms with van der Waals surface area (Å²) >= 11 is 1.50. The second-order valence-electron chi connectivity index (χ2n) is 9.73. The highest BCUT2D eigenvalue weighted by atomic mass is 32.2. The fraction of sp³-hybridized carbons (Fsp3) is 0.714. The number of hydrogen-bond donors (Lipinski definition) is 2. The lowest BCUT2D eigenvalue weighted by Crippen LogP contribution is -2.36. The quantitative estimate of drug-likeness (QED) is 0.750. The highest BCUT2D eigenvalue weighted by molar-refractivity contribution is 7.91. The van der Waals surface area contributed by atoms with Gasteiger partial charge in [-0.2, -0.15) is 0 Å². The Morgan fingerprint density at radius 1 is 1.17 bits per heavy atom. The highest BCUT2D eigenvalue weighted by Gasteiger charge is 2.36. The van der Waals surface area contributed by atoms with E-state index in [1.54, 1.807) is 0 Å². The number of carbonyl (C=O) groups is 2. The molecule has 1 aliphatic carbocycles. The number of anilines is 1. The molecule has 1 aromatic heterocycles. The van der Waals surface area contributed by atoms with E-state index in [0.29, 0.717) is 22.9 Å². The van der Waals surface area contributed by atoms with E-state index >= 15 is 0 Å². The maximum atomic E-state index is 13.1. The first-order valence-corrected chi connectivity index (χ1v) is 13.0. The van der Waals surface area contributed by atoms with Crippen LogP contribution in [-0.4, -0.2) is 37.8 Å². The molecule has 0 bridgehead atoms. The van der Waals surface area contributed by atoms with E-state index in [4.69, 9.17) is 0 Å². The Morgan fingerprint density at radius 2 is 1.86 bits per heavy atom. The maximum absolute atomic E-state index is 13.1. The molecule has 162 valence electrons. The van der Waals surface area contributed by atoms with Gasteiger partial charge in [0.1, 0.15) is 5.00 Å². The van der Waals surface area contributed by atoms with Gasteiger partial charge in [-0.1, -0.05) is 34.6 Å². The van der Waals surface area contributed by atoms with E-state index in [9.17, 15) is 18.0 Å². The Bertz CT molecular complexity index is 910. The van der Waals surface area contributed by atoms with Crippen LogP contribution in [0.2, 0.25) is 0 Å². The van der Waals surface area contributed by atoms with Crippen LogP contribution in [0, 0.1) is 17.3 Å². The molecule has 6 nitrogen and oxygen atoms in total. The number of rotatable bonds is 4. The van der Waals surface area contributed by atoms with Gasteiger partial charge in [0.15, 0.2) is 9.84 Å². The molecule has 2 amide bonds. The standard InChI is InChI=1S/C21H32N2O4S2/c1-12(2)18(24)23-20-17(19(25)22-14-8-9-29(26,27)11-14)15-7-6-13(21(3,4)5)10-16(15)28-20/h12-14H,6-11H2,1-5H3,(H,22,25)(H,23,24). The van der Waals surface area contributed by atoms with Gasteiger partial charge in [0.25, 0.3) is 5.91 Å². The molecular weight excluding hydrogens is 408 g/mol. The van der Waals surface area contributed by atoms with Gasteiger partial charge in [0.05, 0.1) is 17.1 Å². The number of hydrogen-bond acceptors (Lipinski definition) is 5. The van der Waals surface area contributed by atoms with E-state index in [0.717, 1.165) is 24.8 Å². The predicted octanol–water partition coefficient (Wildman–Crippen LogP) is 3.41. The Labute approximate surface area is 177 Å². The van der Waals surface area contributed by atoms with Crippen LogP contribution in [0.4, 0.5) is 5.00 Å². The Morgan fingerprint density at radius 3 is 2.41 bits per heavy atom. The molecule has 0 radical (unpaired) electrons. The molecule has 1 aliphatic heterocycles. The summed E-state index contributed by atoms with van der Waals surface area (Å²) in [6, 6.07) is -0.359. The minimum absolute atomic E-state index is 0.00908. The fourth-order valence-electron chi connectivity index (χ4n) is 4.08. The summed E-state index contributed by atoms with van der Waals surface area (Å²) in [6.45, 7) is 10.4. The van der Waals surface area contributed by atoms with Crippen LogP contribution in [0.5, 0.6) is 0 Å². The number of thiophene rings is 1. The zero-order valence-corrected chi connectivity index (χ0v) is 19.6. The first-order valence-electron chi connectivity index (χ1n) is 10.3. The summed E-state index contributed by atoms with van der Waals surface area (Å²) in [4.78, 5) is 26.6. The van der Waals surface area contributed by atoms with Crippen LogP contribution in [0.1, 0.15) is 68.3 Å². The second kappa shape index (κ2) is 8.02. The van der Waals surface area contributed by atoms with Crippen molar-refractivity contribution in [1.29, 1.82) is 0 Å². The van der Waals surface area contributed by atoms with Crippen molar-refractivity contribution in [2.24, 2.45) is 17.3 Å². The number of sulfone groups is 1. The van der Waals surface area contributed by atoms with Gasteiger partial charge in [0, 0.05) is 16.8 Å². The van der Waals surface area contributed by atoms with Crippen LogP contribution < -0.4 is 10.6 Å². The van der Waals surface area contributed by atoms with E-state index in [2.05, 4.69) is 31.4 Å². The largest absolute Gasteiger partial charge is 0.348 e. The number of carbonyl (C=O) groups excluding carboxylic acids is 2. The minimum Gasteiger partial charge on any atom is -0.348 e. The van der Waals surface area contributed by atoms with Crippen molar-refractivity contribution in [1.82, 2.24) is 5.32 Å². The number of nitrogens with one attached hydrogen (secondary N) is 2. The molecule has 0 spiro atoms. The number of fused-ring (bicyclic) bond motifs is 1. The van der Waals surface area contributed by atoms with Gasteiger partial charge < -0.3 is 10.6 Å². The molecule has 8 heteroatoms. The van der Waals surface area contributed by atoms with Crippen LogP contribution in [0.25, 0.3) is 0 Å². The lowest BCUT2D eigenvalue weighted by atomic mass is 9.72. The lowest BCUT2D eigenvalue weighted by Gasteiger charge is -2.33. The molecule has 29 heavy (non-hydrogen) atoms. The van der Waals surface area contributed by atoms with Gasteiger partial charge in [-0.3, -0.25) is 9.59 Å². The zero-order chi connectivity index (χ0) is 21.6. The van der Waals surface area contributed by atoms with Crippen LogP contribution >= 0.6 is 11.3 Å². The minimum atomic E-state index is -3.07. The van der Waals surface area contributed by atoms with E-state index in [-0.39, 0.29) is 40.7 Å². The lowest BCUT2D eigenvalue weighted by molar-refractivity contribution is -0.118. The maximum Gasteiger partial charge on any atom is 0.254 e. The monoisotopic (exact) mass is 440 g/mol. The van der Waals surface area contributed by atoms with Crippen LogP contribution in [0.15, 0.2) is 0 Å². The van der Waals surface area contributed by atoms with Gasteiger partial charge in [-0.15, -0.1) is 11.3 Å². The van der Waals surface area contributed by atoms with Crippen LogP contribution in [0.3, 0.4) is 0 Å². The van der Waals surface area contributed by atoms with Gasteiger partial charge in [0.2, 0.25) is 5.91 Å². The molecule has 2 heterocycles. The van der Waals surface area contributed by atoms with Crippen molar-refractivity contribution >= 4 is 38.0 Å². The molecule has 1 fully saturated rings. The first kappa shape index (κ1) is 22.3. The summed E-state index contributed by atoms with van der Waals surface area (Å²) in [5.41, 5.74) is 1.74. The third kappa shape index (κ3) is 5.02. The van der Waals surface area contributed by atoms with Gasteiger partial charge >= 0.3 is 0 Å². The van der Waals surface area contributed by atoms with Crippen molar-refractivity contribution in [3.63, 3.8) is 0 Å². The summed E-state index contributed by atoms with van der Waals surface area (Å²) in [6.07, 6.45) is 3.15. The normalized spacial score (nSPS) is 23.7. The Balaban J connectivity index is 1.90. The summed E-state index contributed by atoms with van der Waals surface area (Å²) in [5, 5.41) is 6.45. The van der Waals surface area contributed by atoms with Crippen molar-refractivity contribution in [2.45, 2.75) is 66.3 Å². The van der Waals surface area contributed by atoms with Crippen molar-refractivity contribution in [3.05, 3.63) is 16.0 Å².